The lowest BCUT2D eigenvalue weighted by Gasteiger charge is -2.06. The van der Waals surface area contributed by atoms with Crippen LogP contribution in [0, 0.1) is 6.92 Å². The van der Waals surface area contributed by atoms with Crippen molar-refractivity contribution < 1.29 is 0 Å². The van der Waals surface area contributed by atoms with Crippen molar-refractivity contribution in [3.05, 3.63) is 23.8 Å². The number of hydrogen-bond donors (Lipinski definition) is 0. The number of hydrogen-bond acceptors (Lipinski definition) is 4. The molecule has 14 heavy (non-hydrogen) atoms. The fourth-order valence-corrected chi connectivity index (χ4v) is 2.47. The summed E-state index contributed by atoms with van der Waals surface area (Å²) in [6, 6.07) is 1.92. The third kappa shape index (κ3) is 2.32. The molecule has 0 aliphatic carbocycles. The summed E-state index contributed by atoms with van der Waals surface area (Å²) >= 11 is 1.84. The first-order valence-corrected chi connectivity index (χ1v) is 5.58. The van der Waals surface area contributed by atoms with E-state index in [1.807, 2.05) is 30.9 Å². The number of nitrogens with zero attached hydrogens (tertiary/aromatic N) is 3. The van der Waals surface area contributed by atoms with Gasteiger partial charge in [-0.25, -0.2) is 9.97 Å². The van der Waals surface area contributed by atoms with E-state index in [2.05, 4.69) is 21.9 Å². The van der Waals surface area contributed by atoms with Gasteiger partial charge in [-0.3, -0.25) is 4.99 Å². The fourth-order valence-electron chi connectivity index (χ4n) is 1.46. The van der Waals surface area contributed by atoms with Crippen molar-refractivity contribution in [1.29, 1.82) is 0 Å². The summed E-state index contributed by atoms with van der Waals surface area (Å²) in [5, 5.41) is 1.72. The predicted octanol–water partition coefficient (Wildman–Crippen LogP) is 1.86. The van der Waals surface area contributed by atoms with Gasteiger partial charge in [0.1, 0.15) is 5.82 Å². The van der Waals surface area contributed by atoms with E-state index in [1.165, 1.54) is 5.04 Å². The summed E-state index contributed by atoms with van der Waals surface area (Å²) in [5.41, 5.74) is 1.04. The van der Waals surface area contributed by atoms with Crippen molar-refractivity contribution in [2.75, 3.05) is 6.54 Å². The van der Waals surface area contributed by atoms with E-state index in [1.54, 1.807) is 0 Å². The maximum atomic E-state index is 4.39. The molecule has 0 bridgehead atoms. The molecule has 3 nitrogen and oxygen atoms in total. The summed E-state index contributed by atoms with van der Waals surface area (Å²) in [4.78, 5) is 13.0. The van der Waals surface area contributed by atoms with E-state index in [-0.39, 0.29) is 0 Å². The molecule has 2 heterocycles. The molecule has 1 aromatic rings. The van der Waals surface area contributed by atoms with Gasteiger partial charge in [0.2, 0.25) is 0 Å². The maximum absolute atomic E-state index is 4.39. The normalized spacial score (nSPS) is 21.0. The molecule has 1 unspecified atom stereocenters. The lowest BCUT2D eigenvalue weighted by atomic mass is 10.3. The van der Waals surface area contributed by atoms with Crippen LogP contribution in [0.1, 0.15) is 18.4 Å². The number of aryl methyl sites for hydroxylation is 1. The highest BCUT2D eigenvalue weighted by molar-refractivity contribution is 8.14. The van der Waals surface area contributed by atoms with Crippen molar-refractivity contribution in [2.45, 2.75) is 25.5 Å². The molecule has 74 valence electrons. The molecule has 0 spiro atoms. The lowest BCUT2D eigenvalue weighted by molar-refractivity contribution is 0.802. The average Bonchev–Trinajstić information content (AvgIpc) is 2.51. The summed E-state index contributed by atoms with van der Waals surface area (Å²) in [6.07, 6.45) is 2.75. The van der Waals surface area contributed by atoms with Crippen LogP contribution >= 0.6 is 11.8 Å². The molecular formula is C10H13N3S. The van der Waals surface area contributed by atoms with Crippen LogP contribution in [0.3, 0.4) is 0 Å². The van der Waals surface area contributed by atoms with Crippen LogP contribution in [0.4, 0.5) is 0 Å². The highest BCUT2D eigenvalue weighted by atomic mass is 32.2. The first-order chi connectivity index (χ1) is 6.74. The van der Waals surface area contributed by atoms with Crippen LogP contribution in [0.2, 0.25) is 0 Å². The van der Waals surface area contributed by atoms with E-state index >= 15 is 0 Å². The van der Waals surface area contributed by atoms with Crippen molar-refractivity contribution >= 4 is 16.8 Å². The molecule has 1 aliphatic heterocycles. The predicted molar refractivity (Wildman–Crippen MR) is 59.8 cm³/mol. The van der Waals surface area contributed by atoms with Crippen molar-refractivity contribution in [3.63, 3.8) is 0 Å². The molecule has 0 amide bonds. The van der Waals surface area contributed by atoms with Crippen LogP contribution in [-0.2, 0) is 6.42 Å². The third-order valence-electron chi connectivity index (χ3n) is 2.11. The van der Waals surface area contributed by atoms with Gasteiger partial charge in [-0.2, -0.15) is 0 Å². The van der Waals surface area contributed by atoms with Crippen LogP contribution in [0.5, 0.6) is 0 Å². The maximum Gasteiger partial charge on any atom is 0.129 e. The fraction of sp³-hybridized carbons (Fsp3) is 0.500. The van der Waals surface area contributed by atoms with E-state index in [9.17, 15) is 0 Å². The smallest absolute Gasteiger partial charge is 0.129 e. The molecule has 0 saturated heterocycles. The van der Waals surface area contributed by atoms with E-state index in [0.29, 0.717) is 5.25 Å². The summed E-state index contributed by atoms with van der Waals surface area (Å²) in [5.74, 6) is 0.937. The second-order valence-corrected chi connectivity index (χ2v) is 4.91. The van der Waals surface area contributed by atoms with Crippen LogP contribution < -0.4 is 0 Å². The van der Waals surface area contributed by atoms with Crippen LogP contribution in [0.25, 0.3) is 0 Å². The molecule has 0 aromatic carbocycles. The molecule has 1 aliphatic rings. The minimum absolute atomic E-state index is 0.539. The minimum Gasteiger partial charge on any atom is -0.282 e. The number of rotatable bonds is 2. The Bertz CT molecular complexity index is 362. The molecule has 1 aromatic heterocycles. The zero-order chi connectivity index (χ0) is 9.97. The van der Waals surface area contributed by atoms with Gasteiger partial charge in [-0.15, -0.1) is 11.8 Å². The van der Waals surface area contributed by atoms with Gasteiger partial charge in [-0.1, -0.05) is 0 Å². The third-order valence-corrected chi connectivity index (χ3v) is 3.23. The number of aromatic nitrogens is 2. The van der Waals surface area contributed by atoms with Crippen molar-refractivity contribution in [2.24, 2.45) is 4.99 Å². The second-order valence-electron chi connectivity index (χ2n) is 3.42. The van der Waals surface area contributed by atoms with Crippen molar-refractivity contribution in [3.8, 4) is 0 Å². The molecule has 0 saturated carbocycles. The van der Waals surface area contributed by atoms with Gasteiger partial charge in [0.05, 0.1) is 11.6 Å². The Morgan fingerprint density at radius 2 is 2.36 bits per heavy atom. The van der Waals surface area contributed by atoms with E-state index in [4.69, 9.17) is 0 Å². The highest BCUT2D eigenvalue weighted by Crippen LogP contribution is 2.22. The Hall–Kier alpha value is -0.900. The molecule has 0 radical (unpaired) electrons. The molecule has 2 rings (SSSR count). The largest absolute Gasteiger partial charge is 0.282 e. The molecule has 4 heteroatoms. The van der Waals surface area contributed by atoms with Gasteiger partial charge in [0, 0.05) is 23.6 Å². The van der Waals surface area contributed by atoms with Crippen LogP contribution in [0.15, 0.2) is 17.3 Å². The number of thioether (sulfide) groups is 1. The topological polar surface area (TPSA) is 38.1 Å². The monoisotopic (exact) mass is 207 g/mol. The summed E-state index contributed by atoms with van der Waals surface area (Å²) in [6.45, 7) is 4.96. The Morgan fingerprint density at radius 1 is 1.50 bits per heavy atom. The lowest BCUT2D eigenvalue weighted by Crippen LogP contribution is -2.10. The summed E-state index contributed by atoms with van der Waals surface area (Å²) < 4.78 is 0. The first-order valence-electron chi connectivity index (χ1n) is 4.70. The summed E-state index contributed by atoms with van der Waals surface area (Å²) in [7, 11) is 0. The Balaban J connectivity index is 1.98. The average molecular weight is 207 g/mol. The number of aliphatic imine (C=N–C) groups is 1. The van der Waals surface area contributed by atoms with Gasteiger partial charge in [-0.05, 0) is 19.9 Å². The van der Waals surface area contributed by atoms with Gasteiger partial charge >= 0.3 is 0 Å². The molecule has 0 fully saturated rings. The highest BCUT2D eigenvalue weighted by Gasteiger charge is 2.17. The van der Waals surface area contributed by atoms with Gasteiger partial charge in [0.25, 0.3) is 0 Å². The van der Waals surface area contributed by atoms with Crippen LogP contribution in [-0.4, -0.2) is 26.8 Å². The molecular weight excluding hydrogens is 194 g/mol. The first kappa shape index (κ1) is 9.65. The molecule has 1 atom stereocenters. The molecule has 0 N–H and O–H groups in total. The zero-order valence-electron chi connectivity index (χ0n) is 8.40. The van der Waals surface area contributed by atoms with Gasteiger partial charge in [0.15, 0.2) is 0 Å². The van der Waals surface area contributed by atoms with E-state index < -0.39 is 0 Å². The van der Waals surface area contributed by atoms with Gasteiger partial charge < -0.3 is 0 Å². The standard InChI is InChI=1S/C10H13N3S/c1-7-3-4-11-10(13-7)5-9-6-12-8(2)14-9/h3-4,9H,5-6H2,1-2H3. The Morgan fingerprint density at radius 3 is 3.00 bits per heavy atom. The Kier molecular flexibility index (Phi) is 2.82. The zero-order valence-corrected chi connectivity index (χ0v) is 9.21. The Labute approximate surface area is 88.1 Å². The second kappa shape index (κ2) is 4.09. The minimum atomic E-state index is 0.539. The van der Waals surface area contributed by atoms with E-state index in [0.717, 1.165) is 24.5 Å². The SMILES string of the molecule is CC1=NCC(Cc2nccc(C)n2)S1. The quantitative estimate of drug-likeness (QED) is 0.743. The van der Waals surface area contributed by atoms with Crippen molar-refractivity contribution in [1.82, 2.24) is 9.97 Å².